The first-order chi connectivity index (χ1) is 13.7. The lowest BCUT2D eigenvalue weighted by atomic mass is 10.1. The number of carbonyl (C=O) groups excluding carboxylic acids is 1. The summed E-state index contributed by atoms with van der Waals surface area (Å²) < 4.78 is 2.11. The number of nitrogens with one attached hydrogen (secondary N) is 1. The van der Waals surface area contributed by atoms with Crippen molar-refractivity contribution in [2.75, 3.05) is 5.32 Å². The second kappa shape index (κ2) is 9.09. The fourth-order valence-electron chi connectivity index (χ4n) is 2.77. The van der Waals surface area contributed by atoms with Crippen LogP contribution in [-0.2, 0) is 11.3 Å². The van der Waals surface area contributed by atoms with Gasteiger partial charge in [0, 0.05) is 17.0 Å². The first kappa shape index (κ1) is 21.5. The van der Waals surface area contributed by atoms with Crippen LogP contribution in [0.1, 0.15) is 36.9 Å². The molecule has 2 heterocycles. The first-order valence-corrected chi connectivity index (χ1v) is 11.4. The van der Waals surface area contributed by atoms with Crippen LogP contribution in [0, 0.1) is 26.7 Å². The molecule has 2 aromatic heterocycles. The van der Waals surface area contributed by atoms with Gasteiger partial charge in [0.2, 0.25) is 5.91 Å². The Kier molecular flexibility index (Phi) is 6.74. The van der Waals surface area contributed by atoms with E-state index in [1.165, 1.54) is 28.7 Å². The van der Waals surface area contributed by atoms with Crippen molar-refractivity contribution >= 4 is 34.1 Å². The van der Waals surface area contributed by atoms with Gasteiger partial charge in [-0.15, -0.1) is 21.5 Å². The number of aromatic nitrogens is 4. The average molecular weight is 430 g/mol. The van der Waals surface area contributed by atoms with Gasteiger partial charge in [0.25, 0.3) is 0 Å². The van der Waals surface area contributed by atoms with Gasteiger partial charge in [0.15, 0.2) is 16.1 Å². The van der Waals surface area contributed by atoms with Crippen LogP contribution < -0.4 is 5.32 Å². The van der Waals surface area contributed by atoms with Gasteiger partial charge < -0.3 is 9.88 Å². The van der Waals surface area contributed by atoms with E-state index in [2.05, 4.69) is 70.1 Å². The van der Waals surface area contributed by atoms with Gasteiger partial charge in [0.1, 0.15) is 0 Å². The molecule has 0 saturated carbocycles. The van der Waals surface area contributed by atoms with Crippen LogP contribution in [0.4, 0.5) is 5.13 Å². The van der Waals surface area contributed by atoms with Crippen LogP contribution in [0.25, 0.3) is 11.4 Å². The van der Waals surface area contributed by atoms with Gasteiger partial charge in [-0.2, -0.15) is 0 Å². The molecular weight excluding hydrogens is 402 g/mol. The molecule has 0 bridgehead atoms. The van der Waals surface area contributed by atoms with E-state index in [4.69, 9.17) is 0 Å². The number of carbonyl (C=O) groups is 1. The highest BCUT2D eigenvalue weighted by Gasteiger charge is 2.22. The number of hydrogen-bond acceptors (Lipinski definition) is 6. The molecule has 1 amide bonds. The summed E-state index contributed by atoms with van der Waals surface area (Å²) in [6.07, 6.45) is 0. The molecule has 6 nitrogen and oxygen atoms in total. The van der Waals surface area contributed by atoms with Gasteiger partial charge >= 0.3 is 0 Å². The smallest absolute Gasteiger partial charge is 0.239 e. The second-order valence-electron chi connectivity index (χ2n) is 7.59. The van der Waals surface area contributed by atoms with Crippen molar-refractivity contribution in [3.63, 3.8) is 0 Å². The zero-order chi connectivity index (χ0) is 21.1. The normalized spacial score (nSPS) is 12.4. The number of anilines is 1. The zero-order valence-electron chi connectivity index (χ0n) is 17.7. The molecule has 29 heavy (non-hydrogen) atoms. The summed E-state index contributed by atoms with van der Waals surface area (Å²) in [4.78, 5) is 18.2. The Labute approximate surface area is 180 Å². The monoisotopic (exact) mass is 429 g/mol. The number of rotatable bonds is 7. The van der Waals surface area contributed by atoms with Crippen molar-refractivity contribution in [1.29, 1.82) is 0 Å². The minimum atomic E-state index is -0.319. The van der Waals surface area contributed by atoms with Crippen LogP contribution in [0.2, 0.25) is 0 Å². The summed E-state index contributed by atoms with van der Waals surface area (Å²) >= 11 is 2.92. The highest BCUT2D eigenvalue weighted by Crippen LogP contribution is 2.29. The molecule has 8 heteroatoms. The summed E-state index contributed by atoms with van der Waals surface area (Å²) in [7, 11) is 0. The largest absolute Gasteiger partial charge is 0.302 e. The van der Waals surface area contributed by atoms with Gasteiger partial charge in [-0.25, -0.2) is 4.98 Å². The molecule has 0 aliphatic rings. The molecule has 0 aliphatic heterocycles. The summed E-state index contributed by atoms with van der Waals surface area (Å²) in [6, 6.07) is 8.27. The summed E-state index contributed by atoms with van der Waals surface area (Å²) in [5.41, 5.74) is 3.18. The van der Waals surface area contributed by atoms with Crippen molar-refractivity contribution in [1.82, 2.24) is 19.7 Å². The predicted molar refractivity (Wildman–Crippen MR) is 121 cm³/mol. The molecule has 154 valence electrons. The topological polar surface area (TPSA) is 72.7 Å². The highest BCUT2D eigenvalue weighted by molar-refractivity contribution is 8.00. The molecule has 0 saturated heterocycles. The van der Waals surface area contributed by atoms with Crippen LogP contribution in [-0.4, -0.2) is 30.9 Å². The highest BCUT2D eigenvalue weighted by atomic mass is 32.2. The lowest BCUT2D eigenvalue weighted by molar-refractivity contribution is -0.115. The molecule has 1 N–H and O–H groups in total. The zero-order valence-corrected chi connectivity index (χ0v) is 19.3. The van der Waals surface area contributed by atoms with E-state index in [9.17, 15) is 4.79 Å². The van der Waals surface area contributed by atoms with Gasteiger partial charge in [-0.3, -0.25) is 4.79 Å². The van der Waals surface area contributed by atoms with E-state index >= 15 is 0 Å². The Morgan fingerprint density at radius 1 is 1.14 bits per heavy atom. The van der Waals surface area contributed by atoms with Gasteiger partial charge in [-0.1, -0.05) is 55.4 Å². The van der Waals surface area contributed by atoms with E-state index < -0.39 is 0 Å². The third-order valence-electron chi connectivity index (χ3n) is 4.48. The molecule has 0 unspecified atom stereocenters. The van der Waals surface area contributed by atoms with E-state index in [0.29, 0.717) is 11.0 Å². The molecule has 0 aliphatic carbocycles. The quantitative estimate of drug-likeness (QED) is 0.529. The van der Waals surface area contributed by atoms with E-state index in [1.807, 2.05) is 20.8 Å². The lowest BCUT2D eigenvalue weighted by Gasteiger charge is -2.15. The maximum Gasteiger partial charge on any atom is 0.239 e. The number of thioether (sulfide) groups is 1. The Bertz CT molecular complexity index is 972. The maximum absolute atomic E-state index is 12.7. The fourth-order valence-corrected chi connectivity index (χ4v) is 4.44. The van der Waals surface area contributed by atoms with Crippen molar-refractivity contribution < 1.29 is 4.79 Å². The van der Waals surface area contributed by atoms with Crippen molar-refractivity contribution in [2.45, 2.75) is 58.5 Å². The summed E-state index contributed by atoms with van der Waals surface area (Å²) in [5.74, 6) is 1.18. The third-order valence-corrected chi connectivity index (χ3v) is 6.55. The second-order valence-corrected chi connectivity index (χ2v) is 10.1. The van der Waals surface area contributed by atoms with Crippen molar-refractivity contribution in [3.8, 4) is 11.4 Å². The molecular formula is C21H27N5OS2. The Morgan fingerprint density at radius 3 is 2.41 bits per heavy atom. The Morgan fingerprint density at radius 2 is 1.83 bits per heavy atom. The predicted octanol–water partition coefficient (Wildman–Crippen LogP) is 5.10. The number of benzene rings is 1. The van der Waals surface area contributed by atoms with Crippen LogP contribution >= 0.6 is 23.1 Å². The molecule has 0 spiro atoms. The average Bonchev–Trinajstić information content (AvgIpc) is 3.18. The molecule has 3 rings (SSSR count). The number of hydrogen-bond donors (Lipinski definition) is 1. The molecule has 3 aromatic rings. The van der Waals surface area contributed by atoms with E-state index in [-0.39, 0.29) is 11.2 Å². The van der Waals surface area contributed by atoms with Crippen molar-refractivity contribution in [3.05, 3.63) is 40.4 Å². The number of nitrogens with zero attached hydrogens (tertiary/aromatic N) is 4. The summed E-state index contributed by atoms with van der Waals surface area (Å²) in [6.45, 7) is 13.0. The Balaban J connectivity index is 1.80. The van der Waals surface area contributed by atoms with Crippen LogP contribution in [0.15, 0.2) is 29.4 Å². The van der Waals surface area contributed by atoms with E-state index in [1.54, 1.807) is 0 Å². The van der Waals surface area contributed by atoms with Gasteiger partial charge in [0.05, 0.1) is 10.9 Å². The third kappa shape index (κ3) is 5.25. The van der Waals surface area contributed by atoms with Crippen molar-refractivity contribution in [2.24, 2.45) is 5.92 Å². The molecule has 1 aromatic carbocycles. The van der Waals surface area contributed by atoms with Crippen LogP contribution in [0.3, 0.4) is 0 Å². The Hall–Kier alpha value is -2.19. The molecule has 0 radical (unpaired) electrons. The summed E-state index contributed by atoms with van der Waals surface area (Å²) in [5, 5.41) is 12.8. The molecule has 1 atom stereocenters. The number of amides is 1. The fraction of sp³-hybridized carbons (Fsp3) is 0.429. The SMILES string of the molecule is Cc1ccc(-c2nnc(S[C@H](C)C(=O)Nc3nc(C)c(C)s3)n2CC(C)C)cc1. The minimum Gasteiger partial charge on any atom is -0.302 e. The lowest BCUT2D eigenvalue weighted by Crippen LogP contribution is -2.23. The van der Waals surface area contributed by atoms with E-state index in [0.717, 1.165) is 33.7 Å². The number of thiazole rings is 1. The first-order valence-electron chi connectivity index (χ1n) is 9.66. The number of aryl methyl sites for hydroxylation is 3. The minimum absolute atomic E-state index is 0.0836. The van der Waals surface area contributed by atoms with Crippen LogP contribution in [0.5, 0.6) is 0 Å². The molecule has 0 fully saturated rings. The maximum atomic E-state index is 12.7. The standard InChI is InChI=1S/C21H27N5OS2/c1-12(2)11-26-18(17-9-7-13(3)8-10-17)24-25-21(26)29-16(6)19(27)23-20-22-14(4)15(5)28-20/h7-10,12,16H,11H2,1-6H3,(H,22,23,27)/t16-/m1/s1. The van der Waals surface area contributed by atoms with Gasteiger partial charge in [-0.05, 0) is 33.6 Å².